The first-order valence-corrected chi connectivity index (χ1v) is 11.5. The molecule has 1 aliphatic rings. The molecular formula is C28H27NO6. The number of hydrogen-bond acceptors (Lipinski definition) is 6. The fourth-order valence-corrected chi connectivity index (χ4v) is 4.04. The molecule has 0 heterocycles. The molecule has 0 saturated heterocycles. The topological polar surface area (TPSA) is 90.9 Å². The van der Waals surface area contributed by atoms with E-state index < -0.39 is 11.9 Å². The smallest absolute Gasteiger partial charge is 0.332 e. The number of hydrogen-bond donors (Lipinski definition) is 1. The Morgan fingerprint density at radius 1 is 0.714 bits per heavy atom. The Morgan fingerprint density at radius 2 is 1.34 bits per heavy atom. The Balaban J connectivity index is 1.12. The highest BCUT2D eigenvalue weighted by molar-refractivity contribution is 5.82. The molecule has 4 rings (SSSR count). The zero-order chi connectivity index (χ0) is 24.5. The molecule has 0 aliphatic heterocycles. The molecule has 7 nitrogen and oxygen atoms in total. The van der Waals surface area contributed by atoms with E-state index in [-0.39, 0.29) is 51.2 Å². The van der Waals surface area contributed by atoms with Gasteiger partial charge in [-0.2, -0.15) is 0 Å². The third-order valence-electron chi connectivity index (χ3n) is 5.76. The van der Waals surface area contributed by atoms with Crippen LogP contribution in [-0.2, 0) is 35.2 Å². The van der Waals surface area contributed by atoms with Crippen LogP contribution in [0.2, 0.25) is 0 Å². The van der Waals surface area contributed by atoms with Crippen LogP contribution in [0.1, 0.15) is 35.4 Å². The van der Waals surface area contributed by atoms with E-state index in [4.69, 9.17) is 14.2 Å². The van der Waals surface area contributed by atoms with Crippen molar-refractivity contribution in [2.45, 2.75) is 25.4 Å². The van der Waals surface area contributed by atoms with Gasteiger partial charge in [0.05, 0.1) is 6.42 Å². The molecule has 180 valence electrons. The standard InChI is InChI=1S/C28H27NO6/c30-26(29-19-33-18-28(32)34-16-20-8-2-1-3-9-20)14-15-27(31)35-17-25-23-12-6-4-10-21(23)22-11-5-7-13-24(22)25/h1-13,25H,14-19H2,(H,29,30). The largest absolute Gasteiger partial charge is 0.465 e. The molecule has 0 fully saturated rings. The van der Waals surface area contributed by atoms with Gasteiger partial charge in [0.2, 0.25) is 5.91 Å². The molecule has 7 heteroatoms. The summed E-state index contributed by atoms with van der Waals surface area (Å²) in [6, 6.07) is 25.5. The fraction of sp³-hybridized carbons (Fsp3) is 0.250. The second-order valence-electron chi connectivity index (χ2n) is 8.15. The number of esters is 2. The first kappa shape index (κ1) is 24.2. The summed E-state index contributed by atoms with van der Waals surface area (Å²) < 4.78 is 15.7. The van der Waals surface area contributed by atoms with E-state index in [0.29, 0.717) is 0 Å². The second kappa shape index (κ2) is 11.9. The van der Waals surface area contributed by atoms with Crippen LogP contribution in [0, 0.1) is 0 Å². The van der Waals surface area contributed by atoms with E-state index in [0.717, 1.165) is 27.8 Å². The maximum atomic E-state index is 12.2. The highest BCUT2D eigenvalue weighted by Crippen LogP contribution is 2.44. The third-order valence-corrected chi connectivity index (χ3v) is 5.76. The van der Waals surface area contributed by atoms with Crippen molar-refractivity contribution in [3.8, 4) is 11.1 Å². The van der Waals surface area contributed by atoms with Gasteiger partial charge in [0.15, 0.2) is 0 Å². The predicted molar refractivity (Wildman–Crippen MR) is 129 cm³/mol. The van der Waals surface area contributed by atoms with Crippen LogP contribution in [0.4, 0.5) is 0 Å². The van der Waals surface area contributed by atoms with Gasteiger partial charge in [-0.1, -0.05) is 78.9 Å². The molecule has 35 heavy (non-hydrogen) atoms. The molecular weight excluding hydrogens is 446 g/mol. The predicted octanol–water partition coefficient (Wildman–Crippen LogP) is 3.96. The second-order valence-corrected chi connectivity index (χ2v) is 8.15. The summed E-state index contributed by atoms with van der Waals surface area (Å²) in [5, 5.41) is 2.51. The van der Waals surface area contributed by atoms with E-state index in [1.54, 1.807) is 0 Å². The average molecular weight is 474 g/mol. The number of benzene rings is 3. The molecule has 0 saturated carbocycles. The van der Waals surface area contributed by atoms with Crippen LogP contribution in [-0.4, -0.2) is 37.8 Å². The van der Waals surface area contributed by atoms with Crippen LogP contribution >= 0.6 is 0 Å². The Bertz CT molecular complexity index is 1130. The third kappa shape index (κ3) is 6.55. The lowest BCUT2D eigenvalue weighted by Crippen LogP contribution is -2.28. The van der Waals surface area contributed by atoms with Crippen molar-refractivity contribution in [1.29, 1.82) is 0 Å². The van der Waals surface area contributed by atoms with Crippen molar-refractivity contribution < 1.29 is 28.6 Å². The summed E-state index contributed by atoms with van der Waals surface area (Å²) in [7, 11) is 0. The average Bonchev–Trinajstić information content (AvgIpc) is 3.22. The van der Waals surface area contributed by atoms with E-state index >= 15 is 0 Å². The normalized spacial score (nSPS) is 11.9. The summed E-state index contributed by atoms with van der Waals surface area (Å²) in [5.74, 6) is -1.35. The Kier molecular flexibility index (Phi) is 8.25. The molecule has 1 amide bonds. The molecule has 0 bridgehead atoms. The first-order chi connectivity index (χ1) is 17.1. The van der Waals surface area contributed by atoms with Crippen molar-refractivity contribution in [3.63, 3.8) is 0 Å². The van der Waals surface area contributed by atoms with E-state index in [1.165, 1.54) is 0 Å². The quantitative estimate of drug-likeness (QED) is 0.258. The molecule has 3 aromatic rings. The summed E-state index contributed by atoms with van der Waals surface area (Å²) in [4.78, 5) is 35.9. The Labute approximate surface area is 204 Å². The lowest BCUT2D eigenvalue weighted by atomic mass is 9.98. The number of fused-ring (bicyclic) bond motifs is 3. The Morgan fingerprint density at radius 3 is 2.03 bits per heavy atom. The zero-order valence-electron chi connectivity index (χ0n) is 19.3. The highest BCUT2D eigenvalue weighted by atomic mass is 16.6. The summed E-state index contributed by atoms with van der Waals surface area (Å²) in [6.07, 6.45) is -0.0700. The minimum Gasteiger partial charge on any atom is -0.465 e. The molecule has 0 atom stereocenters. The van der Waals surface area contributed by atoms with E-state index in [9.17, 15) is 14.4 Å². The van der Waals surface area contributed by atoms with Gasteiger partial charge < -0.3 is 19.5 Å². The van der Waals surface area contributed by atoms with Crippen LogP contribution in [0.25, 0.3) is 11.1 Å². The van der Waals surface area contributed by atoms with E-state index in [2.05, 4.69) is 29.6 Å². The summed E-state index contributed by atoms with van der Waals surface area (Å²) in [5.41, 5.74) is 5.47. The van der Waals surface area contributed by atoms with E-state index in [1.807, 2.05) is 54.6 Å². The van der Waals surface area contributed by atoms with Gasteiger partial charge in [-0.25, -0.2) is 4.79 Å². The van der Waals surface area contributed by atoms with Gasteiger partial charge >= 0.3 is 11.9 Å². The van der Waals surface area contributed by atoms with Crippen LogP contribution in [0.3, 0.4) is 0 Å². The van der Waals surface area contributed by atoms with Gasteiger partial charge in [-0.3, -0.25) is 9.59 Å². The number of carbonyl (C=O) groups excluding carboxylic acids is 3. The van der Waals surface area contributed by atoms with Gasteiger partial charge in [0.25, 0.3) is 0 Å². The Hall–Kier alpha value is -3.97. The zero-order valence-corrected chi connectivity index (χ0v) is 19.3. The van der Waals surface area contributed by atoms with Crippen molar-refractivity contribution in [1.82, 2.24) is 5.32 Å². The van der Waals surface area contributed by atoms with Crippen LogP contribution in [0.15, 0.2) is 78.9 Å². The maximum absolute atomic E-state index is 12.2. The number of rotatable bonds is 11. The number of ether oxygens (including phenoxy) is 3. The molecule has 0 unspecified atom stereocenters. The molecule has 1 N–H and O–H groups in total. The fourth-order valence-electron chi connectivity index (χ4n) is 4.04. The maximum Gasteiger partial charge on any atom is 0.332 e. The number of amides is 1. The van der Waals surface area contributed by atoms with Gasteiger partial charge in [-0.15, -0.1) is 0 Å². The van der Waals surface area contributed by atoms with Gasteiger partial charge in [0, 0.05) is 12.3 Å². The van der Waals surface area contributed by atoms with Crippen LogP contribution < -0.4 is 5.32 Å². The van der Waals surface area contributed by atoms with Gasteiger partial charge in [-0.05, 0) is 27.8 Å². The molecule has 0 aromatic heterocycles. The molecule has 3 aromatic carbocycles. The lowest BCUT2D eigenvalue weighted by Gasteiger charge is -2.14. The van der Waals surface area contributed by atoms with Crippen molar-refractivity contribution in [2.24, 2.45) is 0 Å². The summed E-state index contributed by atoms with van der Waals surface area (Å²) in [6.45, 7) is -0.0400. The minimum atomic E-state index is -0.526. The summed E-state index contributed by atoms with van der Waals surface area (Å²) >= 11 is 0. The number of carbonyl (C=O) groups is 3. The minimum absolute atomic E-state index is 0.0183. The molecule has 1 aliphatic carbocycles. The van der Waals surface area contributed by atoms with Crippen molar-refractivity contribution >= 4 is 17.8 Å². The van der Waals surface area contributed by atoms with Crippen molar-refractivity contribution in [2.75, 3.05) is 19.9 Å². The highest BCUT2D eigenvalue weighted by Gasteiger charge is 2.29. The van der Waals surface area contributed by atoms with Crippen LogP contribution in [0.5, 0.6) is 0 Å². The molecule has 0 spiro atoms. The monoisotopic (exact) mass is 473 g/mol. The van der Waals surface area contributed by atoms with Gasteiger partial charge in [0.1, 0.15) is 26.6 Å². The molecule has 0 radical (unpaired) electrons. The SMILES string of the molecule is O=C(CCC(=O)OCC1c2ccccc2-c2ccccc21)NCOCC(=O)OCc1ccccc1. The lowest BCUT2D eigenvalue weighted by molar-refractivity contribution is -0.151. The van der Waals surface area contributed by atoms with Crippen molar-refractivity contribution in [3.05, 3.63) is 95.6 Å². The number of nitrogens with one attached hydrogen (secondary N) is 1. The first-order valence-electron chi connectivity index (χ1n) is 11.5.